The van der Waals surface area contributed by atoms with Crippen molar-refractivity contribution >= 4 is 23.0 Å². The molecule has 0 aliphatic heterocycles. The van der Waals surface area contributed by atoms with E-state index in [1.165, 1.54) is 19.3 Å². The molecule has 0 saturated heterocycles. The Hall–Kier alpha value is -1.85. The largest absolute Gasteiger partial charge is 1.00 e. The van der Waals surface area contributed by atoms with Crippen molar-refractivity contribution in [1.82, 2.24) is 15.3 Å². The Morgan fingerprint density at radius 2 is 2.26 bits per heavy atom. The van der Waals surface area contributed by atoms with Crippen molar-refractivity contribution in [2.45, 2.75) is 31.7 Å². The molecule has 1 fully saturated rings. The summed E-state index contributed by atoms with van der Waals surface area (Å²) in [6, 6.07) is 4.16. The van der Waals surface area contributed by atoms with Crippen molar-refractivity contribution in [3.8, 4) is 0 Å². The van der Waals surface area contributed by atoms with Crippen LogP contribution in [0, 0.1) is 5.92 Å². The van der Waals surface area contributed by atoms with E-state index in [-0.39, 0.29) is 24.4 Å². The first-order chi connectivity index (χ1) is 10.8. The maximum absolute atomic E-state index is 12.2. The molecule has 1 aliphatic carbocycles. The number of halogens is 1. The van der Waals surface area contributed by atoms with Crippen LogP contribution in [0.3, 0.4) is 0 Å². The number of rotatable bonds is 4. The quantitative estimate of drug-likeness (QED) is 0.594. The first-order valence-corrected chi connectivity index (χ1v) is 7.98. The molecule has 5 N–H and O–H groups in total. The summed E-state index contributed by atoms with van der Waals surface area (Å²) in [6.45, 7) is 0.892. The lowest BCUT2D eigenvalue weighted by Gasteiger charge is -2.29. The van der Waals surface area contributed by atoms with Crippen molar-refractivity contribution in [1.29, 1.82) is 0 Å². The number of nitrogens with zero attached hydrogens (tertiary/aromatic N) is 1. The number of nitrogens with one attached hydrogen (secondary N) is 2. The van der Waals surface area contributed by atoms with Crippen LogP contribution in [0.5, 0.6) is 0 Å². The molecule has 23 heavy (non-hydrogen) atoms. The van der Waals surface area contributed by atoms with Gasteiger partial charge in [-0.15, -0.1) is 0 Å². The normalized spacial score (nSPS) is 21.3. The van der Waals surface area contributed by atoms with E-state index in [4.69, 9.17) is 0 Å². The predicted octanol–water partition coefficient (Wildman–Crippen LogP) is -1.50. The number of carbonyl (C=O) groups is 1. The zero-order valence-corrected chi connectivity index (χ0v) is 13.9. The predicted molar refractivity (Wildman–Crippen MR) is 86.8 cm³/mol. The molecule has 0 bridgehead atoms. The lowest BCUT2D eigenvalue weighted by atomic mass is 9.84. The fraction of sp³-hybridized carbons (Fsp3) is 0.412. The van der Waals surface area contributed by atoms with E-state index in [9.17, 15) is 4.79 Å². The third kappa shape index (κ3) is 4.12. The standard InChI is InChI=1S/C17H22N4O.ClH/c18-10-12-4-1-2-6-15(12)21-16(22)8-7-13-11-20-17-14(13)5-3-9-19-17;/h3,5,7-9,11-12,15H,1-2,4,6,10,18H2,(H,19,20)(H,21,22);1H/b8-7+;/t12-,15-;/m0./s1. The first kappa shape index (κ1) is 17.5. The van der Waals surface area contributed by atoms with E-state index in [2.05, 4.69) is 21.0 Å². The van der Waals surface area contributed by atoms with Crippen LogP contribution in [0.25, 0.3) is 17.1 Å². The SMILES string of the molecule is [Cl-].[NH3+]C[C@@H]1CCCC[C@@H]1NC(=O)/C=C/c1c[nH]c2ncccc12. The monoisotopic (exact) mass is 334 g/mol. The molecule has 1 aliphatic rings. The molecule has 0 unspecified atom stereocenters. The zero-order valence-electron chi connectivity index (χ0n) is 13.1. The minimum absolute atomic E-state index is 0. The number of H-pyrrole nitrogens is 1. The van der Waals surface area contributed by atoms with Gasteiger partial charge in [0.1, 0.15) is 5.65 Å². The molecule has 0 spiro atoms. The molecule has 1 amide bonds. The second kappa shape index (κ2) is 8.13. The van der Waals surface area contributed by atoms with Gasteiger partial charge in [-0.3, -0.25) is 4.79 Å². The van der Waals surface area contributed by atoms with Crippen LogP contribution in [0.15, 0.2) is 30.6 Å². The summed E-state index contributed by atoms with van der Waals surface area (Å²) >= 11 is 0. The van der Waals surface area contributed by atoms with Crippen LogP contribution in [-0.4, -0.2) is 28.5 Å². The van der Waals surface area contributed by atoms with Crippen molar-refractivity contribution in [2.24, 2.45) is 5.92 Å². The topological polar surface area (TPSA) is 85.4 Å². The maximum atomic E-state index is 12.2. The second-order valence-corrected chi connectivity index (χ2v) is 5.93. The number of aromatic nitrogens is 2. The highest BCUT2D eigenvalue weighted by Gasteiger charge is 2.26. The van der Waals surface area contributed by atoms with E-state index in [1.807, 2.05) is 24.4 Å². The number of fused-ring (bicyclic) bond motifs is 1. The molecule has 124 valence electrons. The molecule has 0 radical (unpaired) electrons. The van der Waals surface area contributed by atoms with Crippen LogP contribution < -0.4 is 23.5 Å². The van der Waals surface area contributed by atoms with Gasteiger partial charge in [0.2, 0.25) is 5.91 Å². The molecule has 1 saturated carbocycles. The van der Waals surface area contributed by atoms with Crippen LogP contribution in [-0.2, 0) is 4.79 Å². The highest BCUT2D eigenvalue weighted by molar-refractivity contribution is 5.95. The molecule has 5 nitrogen and oxygen atoms in total. The van der Waals surface area contributed by atoms with E-state index in [0.717, 1.165) is 29.6 Å². The average Bonchev–Trinajstić information content (AvgIpc) is 2.97. The van der Waals surface area contributed by atoms with Crippen molar-refractivity contribution in [2.75, 3.05) is 6.54 Å². The minimum atomic E-state index is -0.0245. The van der Waals surface area contributed by atoms with Crippen LogP contribution in [0.4, 0.5) is 0 Å². The first-order valence-electron chi connectivity index (χ1n) is 7.98. The Morgan fingerprint density at radius 3 is 3.09 bits per heavy atom. The summed E-state index contributed by atoms with van der Waals surface area (Å²) in [5.41, 5.74) is 5.83. The van der Waals surface area contributed by atoms with Gasteiger partial charge < -0.3 is 28.4 Å². The number of amides is 1. The molecule has 6 heteroatoms. The van der Waals surface area contributed by atoms with Gasteiger partial charge in [-0.05, 0) is 31.1 Å². The smallest absolute Gasteiger partial charge is 0.244 e. The fourth-order valence-electron chi connectivity index (χ4n) is 3.25. The molecular formula is C17H23ClN4O. The third-order valence-corrected chi connectivity index (χ3v) is 4.50. The number of hydrogen-bond acceptors (Lipinski definition) is 2. The summed E-state index contributed by atoms with van der Waals surface area (Å²) in [4.78, 5) is 19.5. The maximum Gasteiger partial charge on any atom is 0.244 e. The van der Waals surface area contributed by atoms with Gasteiger partial charge >= 0.3 is 0 Å². The second-order valence-electron chi connectivity index (χ2n) is 5.93. The zero-order chi connectivity index (χ0) is 15.4. The molecule has 0 aromatic carbocycles. The Kier molecular flexibility index (Phi) is 6.19. The van der Waals surface area contributed by atoms with E-state index in [1.54, 1.807) is 12.3 Å². The van der Waals surface area contributed by atoms with Crippen LogP contribution in [0.2, 0.25) is 0 Å². The number of pyridine rings is 1. The average molecular weight is 335 g/mol. The molecule has 2 aromatic rings. The van der Waals surface area contributed by atoms with Gasteiger partial charge in [0, 0.05) is 41.4 Å². The Balaban J connectivity index is 0.00000192. The number of quaternary nitrogens is 1. The molecular weight excluding hydrogens is 312 g/mol. The van der Waals surface area contributed by atoms with E-state index in [0.29, 0.717) is 5.92 Å². The summed E-state index contributed by atoms with van der Waals surface area (Å²) in [5, 5.41) is 4.17. The van der Waals surface area contributed by atoms with Gasteiger partial charge in [0.25, 0.3) is 0 Å². The number of hydrogen-bond donors (Lipinski definition) is 3. The van der Waals surface area contributed by atoms with Crippen LogP contribution >= 0.6 is 0 Å². The lowest BCUT2D eigenvalue weighted by Crippen LogP contribution is -3.00. The Morgan fingerprint density at radius 1 is 1.43 bits per heavy atom. The summed E-state index contributed by atoms with van der Waals surface area (Å²) < 4.78 is 0. The Labute approximate surface area is 142 Å². The third-order valence-electron chi connectivity index (χ3n) is 4.50. The lowest BCUT2D eigenvalue weighted by molar-refractivity contribution is -0.381. The van der Waals surface area contributed by atoms with Gasteiger partial charge in [0.15, 0.2) is 0 Å². The summed E-state index contributed by atoms with van der Waals surface area (Å²) in [7, 11) is 0. The molecule has 3 rings (SSSR count). The van der Waals surface area contributed by atoms with Crippen LogP contribution in [0.1, 0.15) is 31.2 Å². The summed E-state index contributed by atoms with van der Waals surface area (Å²) in [6.07, 6.45) is 11.8. The molecule has 2 atom stereocenters. The molecule has 2 heterocycles. The minimum Gasteiger partial charge on any atom is -1.00 e. The molecule has 2 aromatic heterocycles. The van der Waals surface area contributed by atoms with E-state index < -0.39 is 0 Å². The number of aromatic amines is 1. The van der Waals surface area contributed by atoms with Gasteiger partial charge in [-0.2, -0.15) is 0 Å². The van der Waals surface area contributed by atoms with E-state index >= 15 is 0 Å². The van der Waals surface area contributed by atoms with Crippen molar-refractivity contribution < 1.29 is 22.9 Å². The fourth-order valence-corrected chi connectivity index (χ4v) is 3.25. The highest BCUT2D eigenvalue weighted by Crippen LogP contribution is 2.23. The van der Waals surface area contributed by atoms with Gasteiger partial charge in [0.05, 0.1) is 6.54 Å². The number of carbonyl (C=O) groups excluding carboxylic acids is 1. The Bertz CT molecular complexity index is 682. The summed E-state index contributed by atoms with van der Waals surface area (Å²) in [5.74, 6) is 0.493. The van der Waals surface area contributed by atoms with Gasteiger partial charge in [-0.1, -0.05) is 12.8 Å². The highest BCUT2D eigenvalue weighted by atomic mass is 35.5. The van der Waals surface area contributed by atoms with Crippen molar-refractivity contribution in [3.63, 3.8) is 0 Å². The van der Waals surface area contributed by atoms with Crippen molar-refractivity contribution in [3.05, 3.63) is 36.2 Å². The van der Waals surface area contributed by atoms with Gasteiger partial charge in [-0.25, -0.2) is 4.98 Å².